The topological polar surface area (TPSA) is 49.3 Å². The van der Waals surface area contributed by atoms with E-state index in [9.17, 15) is 9.18 Å². The molecule has 0 aliphatic heterocycles. The number of hydrogen-bond donors (Lipinski definition) is 2. The summed E-state index contributed by atoms with van der Waals surface area (Å²) in [6.07, 6.45) is 0. The number of thioether (sulfide) groups is 1. The van der Waals surface area contributed by atoms with Crippen molar-refractivity contribution in [3.63, 3.8) is 0 Å². The molecule has 0 amide bonds. The van der Waals surface area contributed by atoms with E-state index in [4.69, 9.17) is 5.11 Å². The number of rotatable bonds is 7. The van der Waals surface area contributed by atoms with Crippen molar-refractivity contribution in [3.8, 4) is 0 Å². The van der Waals surface area contributed by atoms with Gasteiger partial charge in [-0.25, -0.2) is 9.18 Å². The van der Waals surface area contributed by atoms with Gasteiger partial charge in [0.25, 0.3) is 0 Å². The molecule has 1 rings (SSSR count). The summed E-state index contributed by atoms with van der Waals surface area (Å²) < 4.78 is 13.5. The first-order valence-electron chi connectivity index (χ1n) is 5.87. The Labute approximate surface area is 111 Å². The van der Waals surface area contributed by atoms with Crippen LogP contribution in [0.15, 0.2) is 18.2 Å². The van der Waals surface area contributed by atoms with Gasteiger partial charge in [0.2, 0.25) is 0 Å². The predicted octanol–water partition coefficient (Wildman–Crippen LogP) is 2.76. The van der Waals surface area contributed by atoms with Gasteiger partial charge in [-0.15, -0.1) is 0 Å². The largest absolute Gasteiger partial charge is 0.478 e. The molecule has 0 aliphatic rings. The van der Waals surface area contributed by atoms with E-state index in [0.717, 1.165) is 11.5 Å². The van der Waals surface area contributed by atoms with Gasteiger partial charge in [-0.05, 0) is 30.9 Å². The quantitative estimate of drug-likeness (QED) is 0.800. The van der Waals surface area contributed by atoms with Crippen LogP contribution in [0.25, 0.3) is 0 Å². The van der Waals surface area contributed by atoms with E-state index in [2.05, 4.69) is 12.2 Å². The summed E-state index contributed by atoms with van der Waals surface area (Å²) in [5.41, 5.74) is 0.507. The molecule has 3 nitrogen and oxygen atoms in total. The fourth-order valence-electron chi connectivity index (χ4n) is 1.48. The lowest BCUT2D eigenvalue weighted by atomic mass is 10.1. The highest BCUT2D eigenvalue weighted by Crippen LogP contribution is 2.11. The van der Waals surface area contributed by atoms with Crippen molar-refractivity contribution in [1.82, 2.24) is 5.32 Å². The molecule has 0 saturated heterocycles. The minimum absolute atomic E-state index is 0.115. The maximum Gasteiger partial charge on any atom is 0.335 e. The van der Waals surface area contributed by atoms with Crippen molar-refractivity contribution < 1.29 is 14.3 Å². The van der Waals surface area contributed by atoms with Crippen molar-refractivity contribution in [3.05, 3.63) is 35.1 Å². The van der Waals surface area contributed by atoms with Crippen LogP contribution in [-0.2, 0) is 6.54 Å². The maximum atomic E-state index is 13.5. The molecule has 1 aromatic carbocycles. The first-order chi connectivity index (χ1) is 8.54. The lowest BCUT2D eigenvalue weighted by Gasteiger charge is -2.13. The summed E-state index contributed by atoms with van der Waals surface area (Å²) in [5.74, 6) is 0.597. The SMILES string of the molecule is CCSCC(C)NCc1cc(C(=O)O)ccc1F. The van der Waals surface area contributed by atoms with Crippen LogP contribution in [0.4, 0.5) is 4.39 Å². The highest BCUT2D eigenvalue weighted by Gasteiger charge is 2.09. The second-order valence-corrected chi connectivity index (χ2v) is 5.37. The van der Waals surface area contributed by atoms with Crippen molar-refractivity contribution in [2.75, 3.05) is 11.5 Å². The van der Waals surface area contributed by atoms with E-state index in [1.807, 2.05) is 18.7 Å². The Kier molecular flexibility index (Phi) is 6.15. The highest BCUT2D eigenvalue weighted by atomic mass is 32.2. The zero-order chi connectivity index (χ0) is 13.5. The zero-order valence-corrected chi connectivity index (χ0v) is 11.4. The van der Waals surface area contributed by atoms with Gasteiger partial charge in [-0.2, -0.15) is 11.8 Å². The lowest BCUT2D eigenvalue weighted by Crippen LogP contribution is -2.28. The summed E-state index contributed by atoms with van der Waals surface area (Å²) in [4.78, 5) is 10.8. The van der Waals surface area contributed by atoms with E-state index in [1.165, 1.54) is 18.2 Å². The first kappa shape index (κ1) is 15.0. The van der Waals surface area contributed by atoms with Crippen LogP contribution in [0.2, 0.25) is 0 Å². The minimum atomic E-state index is -1.04. The molecular formula is C13H18FNO2S. The van der Waals surface area contributed by atoms with Gasteiger partial charge in [-0.1, -0.05) is 6.92 Å². The van der Waals surface area contributed by atoms with Crippen molar-refractivity contribution in [1.29, 1.82) is 0 Å². The average molecular weight is 271 g/mol. The monoisotopic (exact) mass is 271 g/mol. The molecule has 0 aromatic heterocycles. The number of carboxylic acids is 1. The standard InChI is InChI=1S/C13H18FNO2S/c1-3-18-8-9(2)15-7-11-6-10(13(16)17)4-5-12(11)14/h4-6,9,15H,3,7-8H2,1-2H3,(H,16,17). The van der Waals surface area contributed by atoms with Crippen LogP contribution in [0.3, 0.4) is 0 Å². The zero-order valence-electron chi connectivity index (χ0n) is 10.6. The third kappa shape index (κ3) is 4.66. The van der Waals surface area contributed by atoms with Crippen LogP contribution in [0, 0.1) is 5.82 Å². The number of carbonyl (C=O) groups is 1. The summed E-state index contributed by atoms with van der Waals surface area (Å²) in [6, 6.07) is 4.12. The molecule has 0 spiro atoms. The van der Waals surface area contributed by atoms with Crippen LogP contribution in [0.5, 0.6) is 0 Å². The number of benzene rings is 1. The molecule has 5 heteroatoms. The summed E-state index contributed by atoms with van der Waals surface area (Å²) in [7, 11) is 0. The van der Waals surface area contributed by atoms with Gasteiger partial charge in [-0.3, -0.25) is 0 Å². The fourth-order valence-corrected chi connectivity index (χ4v) is 2.19. The van der Waals surface area contributed by atoms with Crippen LogP contribution in [0.1, 0.15) is 29.8 Å². The third-order valence-corrected chi connectivity index (χ3v) is 3.65. The smallest absolute Gasteiger partial charge is 0.335 e. The van der Waals surface area contributed by atoms with E-state index >= 15 is 0 Å². The number of halogens is 1. The molecule has 2 N–H and O–H groups in total. The fraction of sp³-hybridized carbons (Fsp3) is 0.462. The van der Waals surface area contributed by atoms with Gasteiger partial charge in [0.05, 0.1) is 5.56 Å². The summed E-state index contributed by atoms with van der Waals surface area (Å²) in [5, 5.41) is 12.0. The second kappa shape index (κ2) is 7.38. The van der Waals surface area contributed by atoms with E-state index in [-0.39, 0.29) is 17.4 Å². The molecule has 1 unspecified atom stereocenters. The normalized spacial score (nSPS) is 12.4. The number of nitrogens with one attached hydrogen (secondary N) is 1. The molecule has 0 aliphatic carbocycles. The van der Waals surface area contributed by atoms with Gasteiger partial charge in [0.1, 0.15) is 5.82 Å². The molecule has 0 saturated carbocycles. The molecule has 0 heterocycles. The predicted molar refractivity (Wildman–Crippen MR) is 72.7 cm³/mol. The Morgan fingerprint density at radius 2 is 2.28 bits per heavy atom. The average Bonchev–Trinajstić information content (AvgIpc) is 2.35. The Hall–Kier alpha value is -1.07. The second-order valence-electron chi connectivity index (χ2n) is 4.05. The van der Waals surface area contributed by atoms with Gasteiger partial charge >= 0.3 is 5.97 Å². The Morgan fingerprint density at radius 3 is 2.89 bits per heavy atom. The maximum absolute atomic E-state index is 13.5. The Bertz CT molecular complexity index is 412. The van der Waals surface area contributed by atoms with Gasteiger partial charge < -0.3 is 10.4 Å². The molecule has 0 bridgehead atoms. The minimum Gasteiger partial charge on any atom is -0.478 e. The van der Waals surface area contributed by atoms with E-state index in [1.54, 1.807) is 0 Å². The Morgan fingerprint density at radius 1 is 1.56 bits per heavy atom. The number of hydrogen-bond acceptors (Lipinski definition) is 3. The van der Waals surface area contributed by atoms with Crippen molar-refractivity contribution in [2.45, 2.75) is 26.4 Å². The summed E-state index contributed by atoms with van der Waals surface area (Å²) in [6.45, 7) is 4.47. The van der Waals surface area contributed by atoms with Crippen LogP contribution in [-0.4, -0.2) is 28.6 Å². The van der Waals surface area contributed by atoms with Gasteiger partial charge in [0, 0.05) is 23.9 Å². The van der Waals surface area contributed by atoms with Crippen LogP contribution >= 0.6 is 11.8 Å². The molecule has 18 heavy (non-hydrogen) atoms. The molecule has 0 fully saturated rings. The van der Waals surface area contributed by atoms with Gasteiger partial charge in [0.15, 0.2) is 0 Å². The summed E-state index contributed by atoms with van der Waals surface area (Å²) >= 11 is 1.81. The molecular weight excluding hydrogens is 253 g/mol. The van der Waals surface area contributed by atoms with Crippen molar-refractivity contribution >= 4 is 17.7 Å². The first-order valence-corrected chi connectivity index (χ1v) is 7.03. The third-order valence-electron chi connectivity index (χ3n) is 2.51. The Balaban J connectivity index is 2.60. The lowest BCUT2D eigenvalue weighted by molar-refractivity contribution is 0.0696. The molecule has 0 radical (unpaired) electrons. The highest BCUT2D eigenvalue weighted by molar-refractivity contribution is 7.99. The van der Waals surface area contributed by atoms with Crippen LogP contribution < -0.4 is 5.32 Å². The number of carboxylic acid groups (broad SMARTS) is 1. The van der Waals surface area contributed by atoms with E-state index < -0.39 is 5.97 Å². The molecule has 100 valence electrons. The van der Waals surface area contributed by atoms with Crippen molar-refractivity contribution in [2.24, 2.45) is 0 Å². The molecule has 1 aromatic rings. The number of aromatic carboxylic acids is 1. The van der Waals surface area contributed by atoms with E-state index in [0.29, 0.717) is 12.1 Å². The molecule has 1 atom stereocenters.